The largest absolute Gasteiger partial charge is 0.476 e. The maximum absolute atomic E-state index is 13.6. The van der Waals surface area contributed by atoms with E-state index >= 15 is 0 Å². The highest BCUT2D eigenvalue weighted by Gasteiger charge is 2.45. The molecule has 30 heavy (non-hydrogen) atoms. The average Bonchev–Trinajstić information content (AvgIpc) is 3.24. The van der Waals surface area contributed by atoms with E-state index in [4.69, 9.17) is 5.11 Å². The molecule has 9 nitrogen and oxygen atoms in total. The third-order valence-electron chi connectivity index (χ3n) is 4.42. The molecule has 11 heteroatoms. The van der Waals surface area contributed by atoms with Crippen molar-refractivity contribution >= 4 is 40.3 Å². The number of thiazole rings is 1. The molecular weight excluding hydrogens is 415 g/mol. The fraction of sp³-hybridized carbons (Fsp3) is 0.316. The molecule has 0 saturated carbocycles. The number of aromatic nitrogens is 1. The number of benzene rings is 1. The molecule has 1 unspecified atom stereocenters. The van der Waals surface area contributed by atoms with Gasteiger partial charge in [-0.05, 0) is 30.0 Å². The summed E-state index contributed by atoms with van der Waals surface area (Å²) in [6, 6.07) is 2.29. The van der Waals surface area contributed by atoms with E-state index in [9.17, 15) is 23.6 Å². The molecule has 0 spiro atoms. The van der Waals surface area contributed by atoms with E-state index in [0.29, 0.717) is 0 Å². The molecule has 3 N–H and O–H groups in total. The number of imide groups is 1. The van der Waals surface area contributed by atoms with Crippen molar-refractivity contribution in [1.29, 1.82) is 0 Å². The minimum atomic E-state index is -1.24. The van der Waals surface area contributed by atoms with Crippen molar-refractivity contribution in [2.75, 3.05) is 5.32 Å². The van der Waals surface area contributed by atoms with Gasteiger partial charge >= 0.3 is 12.0 Å². The van der Waals surface area contributed by atoms with Crippen LogP contribution in [0, 0.1) is 11.7 Å². The zero-order chi connectivity index (χ0) is 22.0. The smallest absolute Gasteiger partial charge is 0.355 e. The first kappa shape index (κ1) is 21.4. The first-order chi connectivity index (χ1) is 14.2. The number of urea groups is 1. The van der Waals surface area contributed by atoms with Gasteiger partial charge in [0.1, 0.15) is 17.9 Å². The van der Waals surface area contributed by atoms with E-state index in [-0.39, 0.29) is 28.7 Å². The van der Waals surface area contributed by atoms with Crippen molar-refractivity contribution in [3.8, 4) is 0 Å². The van der Waals surface area contributed by atoms with Crippen molar-refractivity contribution in [3.05, 3.63) is 46.7 Å². The number of anilines is 1. The zero-order valence-electron chi connectivity index (χ0n) is 16.1. The topological polar surface area (TPSA) is 129 Å². The van der Waals surface area contributed by atoms with Crippen LogP contribution in [0.1, 0.15) is 42.4 Å². The molecule has 1 saturated heterocycles. The Kier molecular flexibility index (Phi) is 6.11. The molecule has 0 aliphatic carbocycles. The number of carboxylic acid groups (broad SMARTS) is 1. The number of aromatic carboxylic acids is 1. The fourth-order valence-corrected chi connectivity index (χ4v) is 3.78. The van der Waals surface area contributed by atoms with Gasteiger partial charge in [-0.1, -0.05) is 26.0 Å². The van der Waals surface area contributed by atoms with Crippen LogP contribution in [-0.2, 0) is 9.59 Å². The van der Waals surface area contributed by atoms with Crippen molar-refractivity contribution in [1.82, 2.24) is 15.2 Å². The van der Waals surface area contributed by atoms with Crippen LogP contribution in [0.4, 0.5) is 14.3 Å². The van der Waals surface area contributed by atoms with E-state index in [1.165, 1.54) is 23.6 Å². The molecule has 4 amide bonds. The summed E-state index contributed by atoms with van der Waals surface area (Å²) in [7, 11) is 0. The minimum absolute atomic E-state index is 0.0413. The zero-order valence-corrected chi connectivity index (χ0v) is 16.9. The lowest BCUT2D eigenvalue weighted by Gasteiger charge is -2.25. The highest BCUT2D eigenvalue weighted by Crippen LogP contribution is 2.27. The number of carbonyl (C=O) groups is 4. The quantitative estimate of drug-likeness (QED) is 0.575. The highest BCUT2D eigenvalue weighted by atomic mass is 32.1. The lowest BCUT2D eigenvalue weighted by Crippen LogP contribution is -2.48. The molecule has 3 rings (SSSR count). The van der Waals surface area contributed by atoms with Crippen molar-refractivity contribution in [2.45, 2.75) is 32.4 Å². The molecule has 158 valence electrons. The van der Waals surface area contributed by atoms with Gasteiger partial charge in [-0.25, -0.2) is 23.9 Å². The van der Waals surface area contributed by atoms with Gasteiger partial charge in [0.05, 0.1) is 0 Å². The Hall–Kier alpha value is -3.34. The lowest BCUT2D eigenvalue weighted by atomic mass is 10.0. The third kappa shape index (κ3) is 4.46. The van der Waals surface area contributed by atoms with Crippen LogP contribution >= 0.6 is 11.3 Å². The molecule has 2 aromatic rings. The molecule has 1 aromatic heterocycles. The number of amides is 4. The minimum Gasteiger partial charge on any atom is -0.476 e. The SMILES string of the molecule is CC(C)C[C@@H](C(=O)Nc1nc(C(=O)O)cs1)N1C(=O)NC(c2cccc(F)c2)C1=O. The van der Waals surface area contributed by atoms with Crippen LogP contribution < -0.4 is 10.6 Å². The van der Waals surface area contributed by atoms with Crippen molar-refractivity contribution in [3.63, 3.8) is 0 Å². The number of nitrogens with zero attached hydrogens (tertiary/aromatic N) is 2. The van der Waals surface area contributed by atoms with Crippen LogP contribution in [0.2, 0.25) is 0 Å². The van der Waals surface area contributed by atoms with Crippen molar-refractivity contribution in [2.24, 2.45) is 5.92 Å². The van der Waals surface area contributed by atoms with E-state index < -0.39 is 41.7 Å². The van der Waals surface area contributed by atoms with E-state index in [1.807, 2.05) is 13.8 Å². The maximum Gasteiger partial charge on any atom is 0.355 e. The predicted molar refractivity (Wildman–Crippen MR) is 105 cm³/mol. The molecule has 0 radical (unpaired) electrons. The first-order valence-electron chi connectivity index (χ1n) is 9.06. The second-order valence-corrected chi connectivity index (χ2v) is 7.98. The summed E-state index contributed by atoms with van der Waals surface area (Å²) < 4.78 is 13.6. The summed E-state index contributed by atoms with van der Waals surface area (Å²) in [6.45, 7) is 3.66. The second kappa shape index (κ2) is 8.57. The van der Waals surface area contributed by atoms with Gasteiger partial charge in [-0.15, -0.1) is 11.3 Å². The van der Waals surface area contributed by atoms with Gasteiger partial charge in [-0.2, -0.15) is 0 Å². The standard InChI is InChI=1S/C19H19FN4O5S/c1-9(2)6-13(15(25)23-18-21-12(8-30-18)17(27)28)24-16(26)14(22-19(24)29)10-4-3-5-11(20)7-10/h3-5,7-9,13-14H,6H2,1-2H3,(H,22,29)(H,27,28)(H,21,23,25)/t13-,14?/m0/s1. The van der Waals surface area contributed by atoms with Crippen LogP contribution in [0.25, 0.3) is 0 Å². The Morgan fingerprint density at radius 2 is 2.10 bits per heavy atom. The number of nitrogens with one attached hydrogen (secondary N) is 2. The lowest BCUT2D eigenvalue weighted by molar-refractivity contribution is -0.134. The van der Waals surface area contributed by atoms with Gasteiger partial charge in [0, 0.05) is 5.38 Å². The Labute approximate surface area is 174 Å². The number of hydrogen-bond acceptors (Lipinski definition) is 6. The average molecular weight is 434 g/mol. The molecule has 1 aliphatic heterocycles. The van der Waals surface area contributed by atoms with E-state index in [1.54, 1.807) is 0 Å². The van der Waals surface area contributed by atoms with Gasteiger partial charge in [0.25, 0.3) is 5.91 Å². The van der Waals surface area contributed by atoms with Crippen LogP contribution in [-0.4, -0.2) is 44.8 Å². The summed E-state index contributed by atoms with van der Waals surface area (Å²) in [4.78, 5) is 54.0. The molecule has 1 aromatic carbocycles. The molecule has 0 bridgehead atoms. The monoisotopic (exact) mass is 434 g/mol. The normalized spacial score (nSPS) is 17.2. The molecule has 2 heterocycles. The van der Waals surface area contributed by atoms with Gasteiger partial charge in [-0.3, -0.25) is 9.59 Å². The predicted octanol–water partition coefficient (Wildman–Crippen LogP) is 2.63. The summed E-state index contributed by atoms with van der Waals surface area (Å²) in [6.07, 6.45) is 0.179. The number of carboxylic acids is 1. The number of rotatable bonds is 7. The fourth-order valence-electron chi connectivity index (χ4n) is 3.10. The summed E-state index contributed by atoms with van der Waals surface area (Å²) in [5.41, 5.74) is 0.0439. The summed E-state index contributed by atoms with van der Waals surface area (Å²) in [5, 5.41) is 15.2. The Bertz CT molecular complexity index is 1010. The van der Waals surface area contributed by atoms with Gasteiger partial charge < -0.3 is 15.7 Å². The molecular formula is C19H19FN4O5S. The summed E-state index contributed by atoms with van der Waals surface area (Å²) >= 11 is 0.916. The molecule has 1 aliphatic rings. The third-order valence-corrected chi connectivity index (χ3v) is 5.17. The van der Waals surface area contributed by atoms with Crippen LogP contribution in [0.3, 0.4) is 0 Å². The Balaban J connectivity index is 1.84. The van der Waals surface area contributed by atoms with Crippen molar-refractivity contribution < 1.29 is 28.7 Å². The molecule has 2 atom stereocenters. The molecule has 1 fully saturated rings. The van der Waals surface area contributed by atoms with Gasteiger partial charge in [0.15, 0.2) is 10.8 Å². The highest BCUT2D eigenvalue weighted by molar-refractivity contribution is 7.14. The summed E-state index contributed by atoms with van der Waals surface area (Å²) in [5.74, 6) is -3.17. The Morgan fingerprint density at radius 3 is 2.70 bits per heavy atom. The first-order valence-corrected chi connectivity index (χ1v) is 9.94. The Morgan fingerprint density at radius 1 is 1.37 bits per heavy atom. The van der Waals surface area contributed by atoms with E-state index in [0.717, 1.165) is 22.3 Å². The number of hydrogen-bond donors (Lipinski definition) is 3. The van der Waals surface area contributed by atoms with Crippen LogP contribution in [0.5, 0.6) is 0 Å². The second-order valence-electron chi connectivity index (χ2n) is 7.12. The number of carbonyl (C=O) groups excluding carboxylic acids is 3. The maximum atomic E-state index is 13.6. The van der Waals surface area contributed by atoms with Gasteiger partial charge in [0.2, 0.25) is 5.91 Å². The number of halogens is 1. The van der Waals surface area contributed by atoms with Crippen LogP contribution in [0.15, 0.2) is 29.6 Å². The van der Waals surface area contributed by atoms with E-state index in [2.05, 4.69) is 15.6 Å².